The van der Waals surface area contributed by atoms with E-state index < -0.39 is 23.5 Å². The van der Waals surface area contributed by atoms with Crippen molar-refractivity contribution in [2.45, 2.75) is 25.2 Å². The normalized spacial score (nSPS) is 15.9. The first-order valence-electron chi connectivity index (χ1n) is 10.7. The molecule has 3 aromatic heterocycles. The molecule has 5 rings (SSSR count). The molecule has 0 N–H and O–H groups in total. The highest BCUT2D eigenvalue weighted by Crippen LogP contribution is 2.31. The Hall–Kier alpha value is -4.06. The fraction of sp³-hybridized carbons (Fsp3) is 0.217. The Balaban J connectivity index is 1.70. The van der Waals surface area contributed by atoms with E-state index in [4.69, 9.17) is 11.6 Å². The second kappa shape index (κ2) is 8.86. The zero-order valence-electron chi connectivity index (χ0n) is 18.6. The summed E-state index contributed by atoms with van der Waals surface area (Å²) >= 11 is 6.03. The van der Waals surface area contributed by atoms with Crippen LogP contribution >= 0.6 is 11.6 Å². The van der Waals surface area contributed by atoms with Crippen LogP contribution < -0.4 is 11.2 Å². The van der Waals surface area contributed by atoms with Crippen LogP contribution in [0.5, 0.6) is 0 Å². The van der Waals surface area contributed by atoms with E-state index in [1.54, 1.807) is 30.3 Å². The maximum Gasteiger partial charge on any atom is 0.411 e. The maximum absolute atomic E-state index is 13.5. The molecule has 1 unspecified atom stereocenters. The van der Waals surface area contributed by atoms with Crippen molar-refractivity contribution in [3.8, 4) is 22.5 Å². The molecule has 0 fully saturated rings. The van der Waals surface area contributed by atoms with Gasteiger partial charge in [0.1, 0.15) is 6.04 Å². The number of allylic oxidation sites excluding steroid dienone is 1. The summed E-state index contributed by atoms with van der Waals surface area (Å²) in [6, 6.07) is 6.38. The van der Waals surface area contributed by atoms with Crippen molar-refractivity contribution >= 4 is 23.5 Å². The number of hydrogen-bond acceptors (Lipinski definition) is 6. The standard InChI is InChI=1S/C23H17ClF3N7O2/c1-32-21(35)17(14-4-6-15(24)7-5-14)18(19-28-9-2-10-29-19)20-31-33(22(36)34(20)32)12-13-3-8-16(30-11-13)23(25,26)27/h2-7,9-11,16H,8,12H2,1H3. The van der Waals surface area contributed by atoms with Crippen molar-refractivity contribution in [3.05, 3.63) is 80.2 Å². The number of hydrogen-bond donors (Lipinski definition) is 0. The highest BCUT2D eigenvalue weighted by molar-refractivity contribution is 6.30. The summed E-state index contributed by atoms with van der Waals surface area (Å²) in [4.78, 5) is 38.9. The van der Waals surface area contributed by atoms with Crippen LogP contribution in [0.15, 0.2) is 69.0 Å². The summed E-state index contributed by atoms with van der Waals surface area (Å²) in [7, 11) is 1.42. The van der Waals surface area contributed by atoms with Gasteiger partial charge in [0.05, 0.1) is 17.7 Å². The molecule has 36 heavy (non-hydrogen) atoms. The number of dihydropyridines is 1. The molecule has 4 aromatic rings. The third-order valence-corrected chi connectivity index (χ3v) is 6.01. The highest BCUT2D eigenvalue weighted by Gasteiger charge is 2.39. The van der Waals surface area contributed by atoms with Gasteiger partial charge in [0.25, 0.3) is 5.56 Å². The fourth-order valence-corrected chi connectivity index (χ4v) is 4.11. The van der Waals surface area contributed by atoms with Gasteiger partial charge in [0.15, 0.2) is 11.5 Å². The quantitative estimate of drug-likeness (QED) is 0.415. The molecule has 1 aliphatic rings. The SMILES string of the molecule is Cn1c(=O)c(-c2ccc(Cl)cc2)c(-c2ncccn2)c2nn(CC3=CCC(C(F)(F)F)N=C3)c(=O)n21. The molecule has 1 atom stereocenters. The number of fused-ring (bicyclic) bond motifs is 1. The van der Waals surface area contributed by atoms with E-state index in [1.807, 2.05) is 0 Å². The first-order chi connectivity index (χ1) is 17.1. The highest BCUT2D eigenvalue weighted by atomic mass is 35.5. The number of halogens is 4. The zero-order chi connectivity index (χ0) is 25.6. The second-order valence-corrected chi connectivity index (χ2v) is 8.52. The minimum atomic E-state index is -4.45. The van der Waals surface area contributed by atoms with Crippen molar-refractivity contribution in [1.82, 2.24) is 28.9 Å². The Labute approximate surface area is 205 Å². The smallest absolute Gasteiger partial charge is 0.280 e. The number of rotatable bonds is 4. The fourth-order valence-electron chi connectivity index (χ4n) is 3.98. The Bertz CT molecular complexity index is 1640. The van der Waals surface area contributed by atoms with Gasteiger partial charge in [-0.05, 0) is 35.8 Å². The molecular formula is C23H17ClF3N7O2. The van der Waals surface area contributed by atoms with Crippen LogP contribution in [0, 0.1) is 0 Å². The van der Waals surface area contributed by atoms with Gasteiger partial charge in [-0.2, -0.15) is 17.7 Å². The van der Waals surface area contributed by atoms with Gasteiger partial charge in [-0.25, -0.2) is 24.1 Å². The zero-order valence-corrected chi connectivity index (χ0v) is 19.4. The molecule has 0 amide bonds. The molecule has 4 heterocycles. The van der Waals surface area contributed by atoms with Gasteiger partial charge in [-0.3, -0.25) is 9.79 Å². The Morgan fingerprint density at radius 2 is 1.78 bits per heavy atom. The van der Waals surface area contributed by atoms with E-state index in [9.17, 15) is 22.8 Å². The van der Waals surface area contributed by atoms with Crippen LogP contribution in [-0.2, 0) is 13.6 Å². The van der Waals surface area contributed by atoms with E-state index in [-0.39, 0.29) is 35.6 Å². The van der Waals surface area contributed by atoms with Crippen molar-refractivity contribution in [2.75, 3.05) is 0 Å². The number of aromatic nitrogens is 6. The molecule has 0 spiro atoms. The molecule has 184 valence electrons. The largest absolute Gasteiger partial charge is 0.411 e. The molecule has 0 saturated heterocycles. The van der Waals surface area contributed by atoms with Crippen molar-refractivity contribution in [2.24, 2.45) is 12.0 Å². The van der Waals surface area contributed by atoms with E-state index in [2.05, 4.69) is 20.1 Å². The minimum absolute atomic E-state index is 0.111. The number of aryl methyl sites for hydroxylation is 1. The average molecular weight is 516 g/mol. The summed E-state index contributed by atoms with van der Waals surface area (Å²) in [5.41, 5.74) is 0.322. The monoisotopic (exact) mass is 515 g/mol. The van der Waals surface area contributed by atoms with Crippen LogP contribution in [0.3, 0.4) is 0 Å². The third kappa shape index (κ3) is 4.13. The summed E-state index contributed by atoms with van der Waals surface area (Å²) < 4.78 is 42.0. The molecule has 0 radical (unpaired) electrons. The van der Waals surface area contributed by atoms with Gasteiger partial charge in [0, 0.05) is 30.7 Å². The molecule has 9 nitrogen and oxygen atoms in total. The summed E-state index contributed by atoms with van der Waals surface area (Å²) in [6.07, 6.45) is 0.687. The minimum Gasteiger partial charge on any atom is -0.280 e. The molecule has 1 aliphatic heterocycles. The van der Waals surface area contributed by atoms with Gasteiger partial charge < -0.3 is 0 Å². The summed E-state index contributed by atoms with van der Waals surface area (Å²) in [5.74, 6) is 0.175. The van der Waals surface area contributed by atoms with Crippen LogP contribution in [0.25, 0.3) is 28.2 Å². The third-order valence-electron chi connectivity index (χ3n) is 5.76. The first kappa shape index (κ1) is 23.7. The predicted molar refractivity (Wildman–Crippen MR) is 127 cm³/mol. The predicted octanol–water partition coefficient (Wildman–Crippen LogP) is 3.30. The van der Waals surface area contributed by atoms with Crippen molar-refractivity contribution < 1.29 is 13.2 Å². The maximum atomic E-state index is 13.5. The van der Waals surface area contributed by atoms with E-state index in [0.717, 1.165) is 20.1 Å². The number of nitrogens with zero attached hydrogens (tertiary/aromatic N) is 7. The van der Waals surface area contributed by atoms with E-state index >= 15 is 0 Å². The van der Waals surface area contributed by atoms with Gasteiger partial charge in [-0.1, -0.05) is 29.8 Å². The molecule has 0 bridgehead atoms. The lowest BCUT2D eigenvalue weighted by molar-refractivity contribution is -0.146. The van der Waals surface area contributed by atoms with Crippen LogP contribution in [-0.4, -0.2) is 47.4 Å². The number of aliphatic imine (C=N–C) groups is 1. The Kier molecular flexibility index (Phi) is 5.83. The second-order valence-electron chi connectivity index (χ2n) is 8.08. The number of alkyl halides is 3. The molecule has 0 saturated carbocycles. The van der Waals surface area contributed by atoms with E-state index in [1.165, 1.54) is 25.5 Å². The average Bonchev–Trinajstić information content (AvgIpc) is 3.18. The van der Waals surface area contributed by atoms with Gasteiger partial charge >= 0.3 is 11.9 Å². The summed E-state index contributed by atoms with van der Waals surface area (Å²) in [5, 5.41) is 4.91. The Morgan fingerprint density at radius 1 is 1.08 bits per heavy atom. The molecular weight excluding hydrogens is 499 g/mol. The van der Waals surface area contributed by atoms with E-state index in [0.29, 0.717) is 16.2 Å². The lowest BCUT2D eigenvalue weighted by Crippen LogP contribution is -2.33. The number of benzene rings is 1. The summed E-state index contributed by atoms with van der Waals surface area (Å²) in [6.45, 7) is -0.131. The lowest BCUT2D eigenvalue weighted by Gasteiger charge is -2.18. The van der Waals surface area contributed by atoms with Gasteiger partial charge in [-0.15, -0.1) is 5.10 Å². The van der Waals surface area contributed by atoms with Crippen molar-refractivity contribution in [1.29, 1.82) is 0 Å². The first-order valence-corrected chi connectivity index (χ1v) is 11.1. The van der Waals surface area contributed by atoms with Gasteiger partial charge in [0.2, 0.25) is 0 Å². The van der Waals surface area contributed by atoms with Crippen LogP contribution in [0.1, 0.15) is 6.42 Å². The lowest BCUT2D eigenvalue weighted by atomic mass is 10.0. The van der Waals surface area contributed by atoms with Crippen LogP contribution in [0.4, 0.5) is 13.2 Å². The topological polar surface area (TPSA) is 99.4 Å². The molecule has 1 aromatic carbocycles. The Morgan fingerprint density at radius 3 is 2.39 bits per heavy atom. The molecule has 0 aliphatic carbocycles. The molecule has 13 heteroatoms. The van der Waals surface area contributed by atoms with Crippen LogP contribution in [0.2, 0.25) is 5.02 Å². The van der Waals surface area contributed by atoms with Crippen molar-refractivity contribution in [3.63, 3.8) is 0 Å².